The van der Waals surface area contributed by atoms with Crippen LogP contribution in [0.25, 0.3) is 0 Å². The summed E-state index contributed by atoms with van der Waals surface area (Å²) in [6, 6.07) is 15.0. The van der Waals surface area contributed by atoms with Gasteiger partial charge in [-0.25, -0.2) is 0 Å². The standard InChI is InChI=1S/C16H17NO2S/c1-17(13-5-7-14(19-2)8-6-13)16(18)11-12-3-9-15(20)10-4-12/h3-10,20H,11H2,1-2H3. The van der Waals surface area contributed by atoms with Gasteiger partial charge in [-0.2, -0.15) is 0 Å². The van der Waals surface area contributed by atoms with E-state index in [-0.39, 0.29) is 5.91 Å². The molecule has 0 atom stereocenters. The van der Waals surface area contributed by atoms with Crippen LogP contribution in [0, 0.1) is 0 Å². The molecule has 0 aliphatic carbocycles. The molecular formula is C16H17NO2S. The maximum atomic E-state index is 12.2. The van der Waals surface area contributed by atoms with Crippen LogP contribution >= 0.6 is 12.6 Å². The van der Waals surface area contributed by atoms with E-state index < -0.39 is 0 Å². The van der Waals surface area contributed by atoms with Crippen molar-refractivity contribution in [1.29, 1.82) is 0 Å². The minimum atomic E-state index is 0.0436. The molecular weight excluding hydrogens is 270 g/mol. The van der Waals surface area contributed by atoms with E-state index in [1.165, 1.54) is 0 Å². The number of carbonyl (C=O) groups excluding carboxylic acids is 1. The fourth-order valence-corrected chi connectivity index (χ4v) is 2.01. The zero-order valence-electron chi connectivity index (χ0n) is 11.5. The number of amides is 1. The molecule has 0 bridgehead atoms. The van der Waals surface area contributed by atoms with E-state index in [1.54, 1.807) is 19.1 Å². The summed E-state index contributed by atoms with van der Waals surface area (Å²) >= 11 is 4.23. The molecule has 0 saturated carbocycles. The summed E-state index contributed by atoms with van der Waals surface area (Å²) in [4.78, 5) is 14.8. The average Bonchev–Trinajstić information content (AvgIpc) is 2.49. The molecule has 20 heavy (non-hydrogen) atoms. The maximum Gasteiger partial charge on any atom is 0.231 e. The number of hydrogen-bond acceptors (Lipinski definition) is 3. The molecule has 0 aliphatic heterocycles. The topological polar surface area (TPSA) is 29.5 Å². The highest BCUT2D eigenvalue weighted by molar-refractivity contribution is 7.80. The van der Waals surface area contributed by atoms with Gasteiger partial charge in [0.2, 0.25) is 5.91 Å². The average molecular weight is 287 g/mol. The number of hydrogen-bond donors (Lipinski definition) is 1. The van der Waals surface area contributed by atoms with E-state index in [4.69, 9.17) is 4.74 Å². The first kappa shape index (κ1) is 14.5. The van der Waals surface area contributed by atoms with Crippen molar-refractivity contribution >= 4 is 24.2 Å². The van der Waals surface area contributed by atoms with Gasteiger partial charge in [0, 0.05) is 17.6 Å². The maximum absolute atomic E-state index is 12.2. The Morgan fingerprint density at radius 1 is 1.10 bits per heavy atom. The lowest BCUT2D eigenvalue weighted by atomic mass is 10.1. The Morgan fingerprint density at radius 3 is 2.25 bits per heavy atom. The lowest BCUT2D eigenvalue weighted by Crippen LogP contribution is -2.27. The highest BCUT2D eigenvalue weighted by Crippen LogP contribution is 2.19. The predicted molar refractivity (Wildman–Crippen MR) is 83.8 cm³/mol. The van der Waals surface area contributed by atoms with Crippen LogP contribution in [0.2, 0.25) is 0 Å². The summed E-state index contributed by atoms with van der Waals surface area (Å²) < 4.78 is 5.11. The molecule has 0 heterocycles. The Labute approximate surface area is 124 Å². The molecule has 0 radical (unpaired) electrons. The minimum Gasteiger partial charge on any atom is -0.497 e. The molecule has 0 fully saturated rings. The molecule has 1 amide bonds. The van der Waals surface area contributed by atoms with Crippen molar-refractivity contribution in [3.05, 3.63) is 54.1 Å². The van der Waals surface area contributed by atoms with Gasteiger partial charge in [-0.05, 0) is 42.0 Å². The fraction of sp³-hybridized carbons (Fsp3) is 0.188. The van der Waals surface area contributed by atoms with Crippen molar-refractivity contribution in [2.75, 3.05) is 19.1 Å². The first-order valence-electron chi connectivity index (χ1n) is 6.28. The normalized spacial score (nSPS) is 10.2. The molecule has 3 nitrogen and oxygen atoms in total. The van der Waals surface area contributed by atoms with E-state index in [0.717, 1.165) is 21.9 Å². The first-order chi connectivity index (χ1) is 9.60. The number of anilines is 1. The van der Waals surface area contributed by atoms with E-state index in [0.29, 0.717) is 6.42 Å². The number of methoxy groups -OCH3 is 1. The second kappa shape index (κ2) is 6.48. The monoisotopic (exact) mass is 287 g/mol. The van der Waals surface area contributed by atoms with Gasteiger partial charge in [-0.15, -0.1) is 12.6 Å². The Balaban J connectivity index is 2.05. The third-order valence-electron chi connectivity index (χ3n) is 3.13. The molecule has 0 saturated heterocycles. The number of nitrogens with zero attached hydrogens (tertiary/aromatic N) is 1. The van der Waals surface area contributed by atoms with Crippen molar-refractivity contribution in [2.45, 2.75) is 11.3 Å². The highest BCUT2D eigenvalue weighted by atomic mass is 32.1. The van der Waals surface area contributed by atoms with Crippen LogP contribution in [0.3, 0.4) is 0 Å². The predicted octanol–water partition coefficient (Wildman–Crippen LogP) is 3.19. The van der Waals surface area contributed by atoms with Gasteiger partial charge in [0.1, 0.15) is 5.75 Å². The number of carbonyl (C=O) groups is 1. The Kier molecular flexibility index (Phi) is 4.69. The molecule has 2 rings (SSSR count). The zero-order chi connectivity index (χ0) is 14.5. The molecule has 2 aromatic carbocycles. The SMILES string of the molecule is COc1ccc(N(C)C(=O)Cc2ccc(S)cc2)cc1. The largest absolute Gasteiger partial charge is 0.497 e. The number of ether oxygens (including phenoxy) is 1. The summed E-state index contributed by atoms with van der Waals surface area (Å²) in [5.74, 6) is 0.820. The van der Waals surface area contributed by atoms with Crippen LogP contribution in [0.5, 0.6) is 5.75 Å². The molecule has 0 spiro atoms. The lowest BCUT2D eigenvalue weighted by Gasteiger charge is -2.17. The smallest absolute Gasteiger partial charge is 0.231 e. The van der Waals surface area contributed by atoms with Crippen molar-refractivity contribution in [3.8, 4) is 5.75 Å². The van der Waals surface area contributed by atoms with Crippen molar-refractivity contribution in [2.24, 2.45) is 0 Å². The van der Waals surface area contributed by atoms with Crippen LogP contribution in [0.4, 0.5) is 5.69 Å². The number of benzene rings is 2. The van der Waals surface area contributed by atoms with Crippen molar-refractivity contribution in [3.63, 3.8) is 0 Å². The number of likely N-dealkylation sites (N-methyl/N-ethyl adjacent to an activating group) is 1. The second-order valence-corrected chi connectivity index (χ2v) is 5.01. The Morgan fingerprint density at radius 2 is 1.70 bits per heavy atom. The molecule has 0 aliphatic rings. The zero-order valence-corrected chi connectivity index (χ0v) is 12.4. The van der Waals surface area contributed by atoms with Crippen LogP contribution in [-0.2, 0) is 11.2 Å². The third kappa shape index (κ3) is 3.54. The quantitative estimate of drug-likeness (QED) is 0.875. The van der Waals surface area contributed by atoms with E-state index in [1.807, 2.05) is 48.5 Å². The summed E-state index contributed by atoms with van der Waals surface area (Å²) in [6.07, 6.45) is 0.372. The number of rotatable bonds is 4. The summed E-state index contributed by atoms with van der Waals surface area (Å²) in [5, 5.41) is 0. The van der Waals surface area contributed by atoms with Gasteiger partial charge >= 0.3 is 0 Å². The van der Waals surface area contributed by atoms with Crippen LogP contribution in [-0.4, -0.2) is 20.1 Å². The first-order valence-corrected chi connectivity index (χ1v) is 6.73. The fourth-order valence-electron chi connectivity index (χ4n) is 1.86. The molecule has 0 N–H and O–H groups in total. The van der Waals surface area contributed by atoms with Crippen LogP contribution < -0.4 is 9.64 Å². The molecule has 0 unspecified atom stereocenters. The molecule has 2 aromatic rings. The van der Waals surface area contributed by atoms with Gasteiger partial charge < -0.3 is 9.64 Å². The van der Waals surface area contributed by atoms with E-state index >= 15 is 0 Å². The van der Waals surface area contributed by atoms with Gasteiger partial charge in [0.05, 0.1) is 13.5 Å². The molecule has 104 valence electrons. The third-order valence-corrected chi connectivity index (χ3v) is 3.42. The van der Waals surface area contributed by atoms with Crippen LogP contribution in [0.15, 0.2) is 53.4 Å². The van der Waals surface area contributed by atoms with Gasteiger partial charge in [-0.1, -0.05) is 12.1 Å². The highest BCUT2D eigenvalue weighted by Gasteiger charge is 2.11. The molecule has 0 aromatic heterocycles. The lowest BCUT2D eigenvalue weighted by molar-refractivity contribution is -0.117. The minimum absolute atomic E-state index is 0.0436. The molecule has 4 heteroatoms. The second-order valence-electron chi connectivity index (χ2n) is 4.49. The summed E-state index contributed by atoms with van der Waals surface area (Å²) in [7, 11) is 3.39. The van der Waals surface area contributed by atoms with Crippen molar-refractivity contribution < 1.29 is 9.53 Å². The van der Waals surface area contributed by atoms with Gasteiger partial charge in [0.25, 0.3) is 0 Å². The van der Waals surface area contributed by atoms with Gasteiger partial charge in [-0.3, -0.25) is 4.79 Å². The van der Waals surface area contributed by atoms with Crippen molar-refractivity contribution in [1.82, 2.24) is 0 Å². The Hall–Kier alpha value is -1.94. The van der Waals surface area contributed by atoms with E-state index in [2.05, 4.69) is 12.6 Å². The summed E-state index contributed by atoms with van der Waals surface area (Å²) in [6.45, 7) is 0. The summed E-state index contributed by atoms with van der Waals surface area (Å²) in [5.41, 5.74) is 1.83. The van der Waals surface area contributed by atoms with E-state index in [9.17, 15) is 4.79 Å². The number of thiol groups is 1. The Bertz CT molecular complexity index is 578. The van der Waals surface area contributed by atoms with Crippen LogP contribution in [0.1, 0.15) is 5.56 Å². The van der Waals surface area contributed by atoms with Gasteiger partial charge in [0.15, 0.2) is 0 Å².